The molecule has 3 nitrogen and oxygen atoms in total. The van der Waals surface area contributed by atoms with Crippen molar-refractivity contribution < 1.29 is 14.6 Å². The molecule has 2 aliphatic carbocycles. The number of carbonyl (C=O) groups is 1. The Kier molecular flexibility index (Phi) is 4.04. The van der Waals surface area contributed by atoms with E-state index in [1.165, 1.54) is 5.57 Å². The van der Waals surface area contributed by atoms with Gasteiger partial charge in [0.25, 0.3) is 0 Å². The Morgan fingerprint density at radius 2 is 2.00 bits per heavy atom. The Morgan fingerprint density at radius 3 is 2.65 bits per heavy atom. The highest BCUT2D eigenvalue weighted by molar-refractivity contribution is 5.90. The summed E-state index contributed by atoms with van der Waals surface area (Å²) in [6.45, 7) is 10.6. The molecule has 0 aromatic heterocycles. The molecule has 1 saturated heterocycles. The molecular formula is C20H32O3. The lowest BCUT2D eigenvalue weighted by atomic mass is 9.67. The predicted molar refractivity (Wildman–Crippen MR) is 91.1 cm³/mol. The predicted octanol–water partition coefficient (Wildman–Crippen LogP) is 4.04. The summed E-state index contributed by atoms with van der Waals surface area (Å²) < 4.78 is 5.79. The average Bonchev–Trinajstić information content (AvgIpc) is 3.09. The average molecular weight is 320 g/mol. The molecule has 0 amide bonds. The number of rotatable bonds is 1. The molecule has 5 atom stereocenters. The number of hydrogen-bond acceptors (Lipinski definition) is 3. The monoisotopic (exact) mass is 320 g/mol. The van der Waals surface area contributed by atoms with Crippen molar-refractivity contribution in [1.29, 1.82) is 0 Å². The van der Waals surface area contributed by atoms with E-state index in [9.17, 15) is 9.90 Å². The number of aliphatic hydroxyl groups is 1. The fraction of sp³-hybridized carbons (Fsp3) is 0.850. The second kappa shape index (κ2) is 5.42. The number of Topliss-reactive ketones (excluding diaryl/α,β-unsaturated/α-hetero) is 1. The van der Waals surface area contributed by atoms with Crippen molar-refractivity contribution in [2.45, 2.75) is 90.4 Å². The van der Waals surface area contributed by atoms with Crippen molar-refractivity contribution >= 4 is 5.78 Å². The maximum Gasteiger partial charge on any atom is 0.167 e. The molecule has 2 fully saturated rings. The second-order valence-electron chi connectivity index (χ2n) is 8.99. The van der Waals surface area contributed by atoms with Gasteiger partial charge in [0.1, 0.15) is 5.60 Å². The molecule has 0 aromatic rings. The van der Waals surface area contributed by atoms with Crippen LogP contribution in [0.2, 0.25) is 0 Å². The summed E-state index contributed by atoms with van der Waals surface area (Å²) in [5.41, 5.74) is 0.0470. The Morgan fingerprint density at radius 1 is 1.30 bits per heavy atom. The first-order valence-electron chi connectivity index (χ1n) is 9.21. The topological polar surface area (TPSA) is 49.8 Å². The summed E-state index contributed by atoms with van der Waals surface area (Å²) in [7, 11) is 0. The van der Waals surface area contributed by atoms with Crippen LogP contribution in [0.15, 0.2) is 11.6 Å². The molecular weight excluding hydrogens is 288 g/mol. The van der Waals surface area contributed by atoms with Crippen molar-refractivity contribution in [1.82, 2.24) is 0 Å². The molecule has 23 heavy (non-hydrogen) atoms. The van der Waals surface area contributed by atoms with Crippen molar-refractivity contribution in [2.24, 2.45) is 17.3 Å². The quantitative estimate of drug-likeness (QED) is 0.586. The van der Waals surface area contributed by atoms with E-state index in [1.54, 1.807) is 0 Å². The smallest absolute Gasteiger partial charge is 0.167 e. The van der Waals surface area contributed by atoms with Gasteiger partial charge in [0, 0.05) is 12.3 Å². The number of ether oxygens (including phenoxy) is 1. The number of epoxide rings is 1. The van der Waals surface area contributed by atoms with E-state index in [4.69, 9.17) is 4.74 Å². The molecule has 0 bridgehead atoms. The van der Waals surface area contributed by atoms with Gasteiger partial charge in [-0.05, 0) is 57.3 Å². The third-order valence-electron chi connectivity index (χ3n) is 7.15. The summed E-state index contributed by atoms with van der Waals surface area (Å²) in [6.07, 6.45) is 7.55. The minimum Gasteiger partial charge on any atom is -0.389 e. The Hall–Kier alpha value is -0.670. The van der Waals surface area contributed by atoms with Gasteiger partial charge in [0.15, 0.2) is 5.78 Å². The maximum atomic E-state index is 12.9. The van der Waals surface area contributed by atoms with Crippen LogP contribution in [-0.4, -0.2) is 28.2 Å². The van der Waals surface area contributed by atoms with E-state index in [0.29, 0.717) is 6.42 Å². The van der Waals surface area contributed by atoms with Gasteiger partial charge in [-0.15, -0.1) is 0 Å². The van der Waals surface area contributed by atoms with Crippen molar-refractivity contribution in [3.63, 3.8) is 0 Å². The molecule has 3 rings (SSSR count). The van der Waals surface area contributed by atoms with Crippen LogP contribution in [0, 0.1) is 17.3 Å². The van der Waals surface area contributed by atoms with E-state index in [-0.39, 0.29) is 29.1 Å². The Bertz CT molecular complexity index is 537. The Balaban J connectivity index is 1.97. The fourth-order valence-corrected chi connectivity index (χ4v) is 4.89. The van der Waals surface area contributed by atoms with Gasteiger partial charge in [0.2, 0.25) is 0 Å². The zero-order valence-corrected chi connectivity index (χ0v) is 15.3. The van der Waals surface area contributed by atoms with Crippen LogP contribution >= 0.6 is 0 Å². The highest BCUT2D eigenvalue weighted by Gasteiger charge is 2.61. The SMILES string of the molecule is C/C1=C\C[C@@]2(C)CC[C@@](O)(C(C)C)[C@@H]2CC(=O)[C@@]2(C)O[C@H]2CC1. The summed E-state index contributed by atoms with van der Waals surface area (Å²) >= 11 is 0. The number of allylic oxidation sites excluding steroid dienone is 2. The first-order valence-corrected chi connectivity index (χ1v) is 9.21. The maximum absolute atomic E-state index is 12.9. The molecule has 1 saturated carbocycles. The molecule has 0 aromatic carbocycles. The first kappa shape index (κ1) is 17.2. The van der Waals surface area contributed by atoms with Crippen LogP contribution in [0.1, 0.15) is 73.1 Å². The third kappa shape index (κ3) is 2.70. The first-order chi connectivity index (χ1) is 10.6. The molecule has 3 aliphatic rings. The van der Waals surface area contributed by atoms with Crippen LogP contribution in [0.4, 0.5) is 0 Å². The van der Waals surface area contributed by atoms with Gasteiger partial charge >= 0.3 is 0 Å². The van der Waals surface area contributed by atoms with Gasteiger partial charge in [-0.2, -0.15) is 0 Å². The highest BCUT2D eigenvalue weighted by atomic mass is 16.6. The molecule has 0 radical (unpaired) electrons. The molecule has 0 spiro atoms. The highest BCUT2D eigenvalue weighted by Crippen LogP contribution is 2.57. The number of fused-ring (bicyclic) bond motifs is 2. The third-order valence-corrected chi connectivity index (χ3v) is 7.15. The van der Waals surface area contributed by atoms with E-state index >= 15 is 0 Å². The van der Waals surface area contributed by atoms with Gasteiger partial charge in [0.05, 0.1) is 11.7 Å². The van der Waals surface area contributed by atoms with Crippen molar-refractivity contribution in [2.75, 3.05) is 0 Å². The molecule has 1 heterocycles. The van der Waals surface area contributed by atoms with Crippen LogP contribution in [0.25, 0.3) is 0 Å². The largest absolute Gasteiger partial charge is 0.389 e. The lowest BCUT2D eigenvalue weighted by molar-refractivity contribution is -0.130. The normalized spacial score (nSPS) is 49.9. The van der Waals surface area contributed by atoms with Crippen LogP contribution < -0.4 is 0 Å². The van der Waals surface area contributed by atoms with Gasteiger partial charge in [-0.3, -0.25) is 4.79 Å². The summed E-state index contributed by atoms with van der Waals surface area (Å²) in [5, 5.41) is 11.3. The van der Waals surface area contributed by atoms with Crippen molar-refractivity contribution in [3.05, 3.63) is 11.6 Å². The van der Waals surface area contributed by atoms with E-state index in [2.05, 4.69) is 33.8 Å². The van der Waals surface area contributed by atoms with Crippen LogP contribution in [0.3, 0.4) is 0 Å². The van der Waals surface area contributed by atoms with E-state index < -0.39 is 11.2 Å². The summed E-state index contributed by atoms with van der Waals surface area (Å²) in [5.74, 6) is 0.381. The van der Waals surface area contributed by atoms with E-state index in [1.807, 2.05) is 6.92 Å². The Labute approximate surface area is 140 Å². The molecule has 1 N–H and O–H groups in total. The lowest BCUT2D eigenvalue weighted by Crippen LogP contribution is -2.45. The fourth-order valence-electron chi connectivity index (χ4n) is 4.89. The van der Waals surface area contributed by atoms with Crippen LogP contribution in [0.5, 0.6) is 0 Å². The zero-order valence-electron chi connectivity index (χ0n) is 15.3. The molecule has 130 valence electrons. The zero-order chi connectivity index (χ0) is 17.0. The van der Waals surface area contributed by atoms with Gasteiger partial charge in [-0.1, -0.05) is 32.4 Å². The minimum absolute atomic E-state index is 0.00102. The van der Waals surface area contributed by atoms with Crippen molar-refractivity contribution in [3.8, 4) is 0 Å². The lowest BCUT2D eigenvalue weighted by Gasteiger charge is -2.40. The number of carbonyl (C=O) groups excluding carboxylic acids is 1. The molecule has 1 aliphatic heterocycles. The molecule has 3 heteroatoms. The second-order valence-corrected chi connectivity index (χ2v) is 8.99. The van der Waals surface area contributed by atoms with Crippen LogP contribution in [-0.2, 0) is 9.53 Å². The summed E-state index contributed by atoms with van der Waals surface area (Å²) in [4.78, 5) is 12.9. The standard InChI is InChI=1S/C20H32O3/c1-13(2)20(22)11-10-18(4)9-8-14(3)6-7-17-19(5,23-17)16(21)12-15(18)20/h8,13,15,17,22H,6-7,9-12H2,1-5H3/b14-8+/t15-,17+,18+,19-,20-/m1/s1. The molecule has 0 unspecified atom stereocenters. The number of hydrogen-bond donors (Lipinski definition) is 1. The minimum atomic E-state index is -0.735. The van der Waals surface area contributed by atoms with Gasteiger partial charge < -0.3 is 9.84 Å². The van der Waals surface area contributed by atoms with E-state index in [0.717, 1.165) is 32.1 Å². The van der Waals surface area contributed by atoms with Gasteiger partial charge in [-0.25, -0.2) is 0 Å². The summed E-state index contributed by atoms with van der Waals surface area (Å²) in [6, 6.07) is 0. The number of ketones is 1.